The third-order valence-corrected chi connectivity index (χ3v) is 5.85. The maximum Gasteiger partial charge on any atom is 0.354 e. The van der Waals surface area contributed by atoms with E-state index in [1.165, 1.54) is 6.07 Å². The van der Waals surface area contributed by atoms with Crippen molar-refractivity contribution in [3.8, 4) is 0 Å². The summed E-state index contributed by atoms with van der Waals surface area (Å²) in [6.45, 7) is 6.87. The van der Waals surface area contributed by atoms with Crippen molar-refractivity contribution >= 4 is 40.9 Å². The third kappa shape index (κ3) is 4.64. The van der Waals surface area contributed by atoms with Crippen LogP contribution in [0, 0.1) is 6.92 Å². The van der Waals surface area contributed by atoms with E-state index in [1.54, 1.807) is 6.92 Å². The van der Waals surface area contributed by atoms with Gasteiger partial charge in [0.1, 0.15) is 17.3 Å². The number of nitrogens with one attached hydrogen (secondary N) is 2. The number of carbonyl (C=O) groups is 2. The van der Waals surface area contributed by atoms with E-state index in [4.69, 9.17) is 23.2 Å². The topological polar surface area (TPSA) is 111 Å². The second-order valence-electron chi connectivity index (χ2n) is 7.42. The quantitative estimate of drug-likeness (QED) is 0.655. The Morgan fingerprint density at radius 3 is 2.41 bits per heavy atom. The van der Waals surface area contributed by atoms with Crippen molar-refractivity contribution in [3.05, 3.63) is 39.0 Å². The average molecular weight is 440 g/mol. The molecule has 1 amide bonds. The van der Waals surface area contributed by atoms with Crippen LogP contribution in [0.2, 0.25) is 10.0 Å². The zero-order valence-electron chi connectivity index (χ0n) is 16.4. The van der Waals surface area contributed by atoms with E-state index in [-0.39, 0.29) is 34.3 Å². The predicted molar refractivity (Wildman–Crippen MR) is 111 cm³/mol. The number of carboxylic acid groups (broad SMARTS) is 1. The Morgan fingerprint density at radius 2 is 1.90 bits per heavy atom. The van der Waals surface area contributed by atoms with Gasteiger partial charge in [0.05, 0.1) is 10.0 Å². The molecule has 1 fully saturated rings. The lowest BCUT2D eigenvalue weighted by molar-refractivity contribution is 0.0689. The van der Waals surface area contributed by atoms with Crippen LogP contribution < -0.4 is 10.2 Å². The van der Waals surface area contributed by atoms with Crippen LogP contribution in [0.1, 0.15) is 65.1 Å². The Morgan fingerprint density at radius 1 is 1.24 bits per heavy atom. The summed E-state index contributed by atoms with van der Waals surface area (Å²) in [5.74, 6) is -0.245. The lowest BCUT2D eigenvalue weighted by Crippen LogP contribution is -2.45. The number of hydrogen-bond donors (Lipinski definition) is 3. The summed E-state index contributed by atoms with van der Waals surface area (Å²) in [5, 5.41) is 12.9. The van der Waals surface area contributed by atoms with Crippen molar-refractivity contribution in [1.29, 1.82) is 0 Å². The molecular formula is C19H23Cl2N5O3. The van der Waals surface area contributed by atoms with Crippen LogP contribution in [0.5, 0.6) is 0 Å². The van der Waals surface area contributed by atoms with Crippen molar-refractivity contribution in [2.75, 3.05) is 18.0 Å². The highest BCUT2D eigenvalue weighted by molar-refractivity contribution is 6.44. The molecule has 8 nitrogen and oxygen atoms in total. The minimum absolute atomic E-state index is 0.0113. The number of nitrogens with zero attached hydrogens (tertiary/aromatic N) is 3. The minimum atomic E-state index is -1.07. The molecule has 3 N–H and O–H groups in total. The van der Waals surface area contributed by atoms with Crippen molar-refractivity contribution in [2.45, 2.75) is 45.6 Å². The summed E-state index contributed by atoms with van der Waals surface area (Å²) in [4.78, 5) is 37.5. The number of piperidine rings is 1. The number of rotatable bonds is 5. The Hall–Kier alpha value is -2.32. The van der Waals surface area contributed by atoms with Gasteiger partial charge in [-0.3, -0.25) is 4.79 Å². The van der Waals surface area contributed by atoms with Crippen molar-refractivity contribution in [3.63, 3.8) is 0 Å². The molecule has 3 rings (SSSR count). The summed E-state index contributed by atoms with van der Waals surface area (Å²) in [6.07, 6.45) is 1.39. The molecule has 1 saturated heterocycles. The smallest absolute Gasteiger partial charge is 0.354 e. The maximum absolute atomic E-state index is 12.5. The highest BCUT2D eigenvalue weighted by Gasteiger charge is 2.26. The zero-order chi connectivity index (χ0) is 21.3. The van der Waals surface area contributed by atoms with Crippen LogP contribution in [-0.4, -0.2) is 51.1 Å². The van der Waals surface area contributed by atoms with E-state index in [0.717, 1.165) is 0 Å². The van der Waals surface area contributed by atoms with Gasteiger partial charge in [0.2, 0.25) is 0 Å². The van der Waals surface area contributed by atoms with Crippen LogP contribution >= 0.6 is 23.2 Å². The first kappa shape index (κ1) is 21.4. The minimum Gasteiger partial charge on any atom is -0.477 e. The summed E-state index contributed by atoms with van der Waals surface area (Å²) < 4.78 is 0. The molecule has 3 heterocycles. The fourth-order valence-electron chi connectivity index (χ4n) is 3.22. The average Bonchev–Trinajstić information content (AvgIpc) is 2.95. The van der Waals surface area contributed by atoms with Gasteiger partial charge in [0.25, 0.3) is 5.91 Å². The van der Waals surface area contributed by atoms with Gasteiger partial charge in [-0.2, -0.15) is 0 Å². The maximum atomic E-state index is 12.5. The SMILES string of the molecule is Cc1[nH]c(C(=O)NC2CCN(c3cc(C(=O)O)nc(C(C)C)n3)CC2)c(Cl)c1Cl. The molecule has 1 aliphatic rings. The summed E-state index contributed by atoms with van der Waals surface area (Å²) in [6, 6.07) is 1.47. The van der Waals surface area contributed by atoms with Crippen LogP contribution in [0.15, 0.2) is 6.07 Å². The second-order valence-corrected chi connectivity index (χ2v) is 8.17. The summed E-state index contributed by atoms with van der Waals surface area (Å²) in [5.41, 5.74) is 0.901. The van der Waals surface area contributed by atoms with Crippen molar-refractivity contribution in [1.82, 2.24) is 20.3 Å². The van der Waals surface area contributed by atoms with E-state index in [1.807, 2.05) is 18.7 Å². The number of aryl methyl sites for hydroxylation is 1. The highest BCUT2D eigenvalue weighted by atomic mass is 35.5. The lowest BCUT2D eigenvalue weighted by atomic mass is 10.0. The molecule has 0 aliphatic carbocycles. The van der Waals surface area contributed by atoms with Gasteiger partial charge in [0, 0.05) is 36.8 Å². The number of H-pyrrole nitrogens is 1. The van der Waals surface area contributed by atoms with Gasteiger partial charge in [-0.15, -0.1) is 0 Å². The normalized spacial score (nSPS) is 15.0. The van der Waals surface area contributed by atoms with Gasteiger partial charge in [-0.25, -0.2) is 14.8 Å². The van der Waals surface area contributed by atoms with E-state index < -0.39 is 5.97 Å². The van der Waals surface area contributed by atoms with Crippen molar-refractivity contribution < 1.29 is 14.7 Å². The molecule has 1 aliphatic heterocycles. The fraction of sp³-hybridized carbons (Fsp3) is 0.474. The Bertz CT molecular complexity index is 936. The molecule has 2 aromatic rings. The molecule has 29 heavy (non-hydrogen) atoms. The number of aromatic carboxylic acids is 1. The van der Waals surface area contributed by atoms with Gasteiger partial charge in [-0.1, -0.05) is 37.0 Å². The number of aromatic nitrogens is 3. The van der Waals surface area contributed by atoms with Gasteiger partial charge >= 0.3 is 5.97 Å². The predicted octanol–water partition coefficient (Wildman–Crippen LogP) is 3.64. The van der Waals surface area contributed by atoms with Gasteiger partial charge in [-0.05, 0) is 19.8 Å². The number of carboxylic acids is 1. The molecule has 0 spiro atoms. The lowest BCUT2D eigenvalue weighted by Gasteiger charge is -2.33. The largest absolute Gasteiger partial charge is 0.477 e. The summed E-state index contributed by atoms with van der Waals surface area (Å²) in [7, 11) is 0. The Labute approximate surface area is 178 Å². The first-order valence-electron chi connectivity index (χ1n) is 9.39. The molecule has 2 aromatic heterocycles. The third-order valence-electron chi connectivity index (χ3n) is 4.90. The molecule has 0 saturated carbocycles. The van der Waals surface area contributed by atoms with Crippen LogP contribution in [-0.2, 0) is 0 Å². The molecule has 10 heteroatoms. The first-order chi connectivity index (χ1) is 13.7. The van der Waals surface area contributed by atoms with Gasteiger partial charge in [0.15, 0.2) is 5.69 Å². The van der Waals surface area contributed by atoms with Gasteiger partial charge < -0.3 is 20.3 Å². The molecule has 0 unspecified atom stereocenters. The highest BCUT2D eigenvalue weighted by Crippen LogP contribution is 2.29. The molecule has 0 atom stereocenters. The number of hydrogen-bond acceptors (Lipinski definition) is 5. The van der Waals surface area contributed by atoms with Crippen LogP contribution in [0.3, 0.4) is 0 Å². The van der Waals surface area contributed by atoms with E-state index in [9.17, 15) is 14.7 Å². The van der Waals surface area contributed by atoms with Crippen LogP contribution in [0.4, 0.5) is 5.82 Å². The standard InChI is InChI=1S/C19H23Cl2N5O3/c1-9(2)17-24-12(19(28)29)8-13(25-17)26-6-4-11(5-7-26)23-18(27)16-15(21)14(20)10(3)22-16/h8-9,11,22H,4-7H2,1-3H3,(H,23,27)(H,28,29). The number of amides is 1. The Kier molecular flexibility index (Phi) is 6.33. The number of halogens is 2. The molecule has 0 radical (unpaired) electrons. The van der Waals surface area contributed by atoms with E-state index in [0.29, 0.717) is 48.3 Å². The summed E-state index contributed by atoms with van der Waals surface area (Å²) >= 11 is 12.2. The zero-order valence-corrected chi connectivity index (χ0v) is 17.9. The molecule has 156 valence electrons. The van der Waals surface area contributed by atoms with Crippen LogP contribution in [0.25, 0.3) is 0 Å². The molecule has 0 aromatic carbocycles. The number of anilines is 1. The number of carbonyl (C=O) groups excluding carboxylic acids is 1. The van der Waals surface area contributed by atoms with E-state index >= 15 is 0 Å². The molecule has 0 bridgehead atoms. The van der Waals surface area contributed by atoms with E-state index in [2.05, 4.69) is 20.3 Å². The second kappa shape index (κ2) is 8.59. The Balaban J connectivity index is 1.67. The van der Waals surface area contributed by atoms with Crippen molar-refractivity contribution in [2.24, 2.45) is 0 Å². The number of aromatic amines is 1. The fourth-order valence-corrected chi connectivity index (χ4v) is 3.64. The molecular weight excluding hydrogens is 417 g/mol. The monoisotopic (exact) mass is 439 g/mol. The first-order valence-corrected chi connectivity index (χ1v) is 10.1.